The van der Waals surface area contributed by atoms with Crippen LogP contribution in [0.25, 0.3) is 0 Å². The Labute approximate surface area is 107 Å². The van der Waals surface area contributed by atoms with Crippen LogP contribution in [0, 0.1) is 6.08 Å². The van der Waals surface area contributed by atoms with Crippen molar-refractivity contribution < 1.29 is 68.1 Å². The molecule has 0 atom stereocenters. The maximum atomic E-state index is 8.40. The first-order valence-electron chi connectivity index (χ1n) is 2.13. The number of hydrogen-bond acceptors (Lipinski definition) is 2. The summed E-state index contributed by atoms with van der Waals surface area (Å²) in [5, 5.41) is 0. The normalized spacial score (nSPS) is 8.33. The van der Waals surface area contributed by atoms with Gasteiger partial charge in [0.1, 0.15) is 0 Å². The van der Waals surface area contributed by atoms with Crippen molar-refractivity contribution in [1.82, 2.24) is 0 Å². The molecule has 7 heteroatoms. The van der Waals surface area contributed by atoms with E-state index in [4.69, 9.17) is 9.13 Å². The quantitative estimate of drug-likeness (QED) is 0.251. The Morgan fingerprint density at radius 3 is 1.67 bits per heavy atom. The van der Waals surface area contributed by atoms with Crippen LogP contribution in [0.1, 0.15) is 6.42 Å². The molecule has 0 aromatic heterocycles. The zero-order chi connectivity index (χ0) is 6.24. The van der Waals surface area contributed by atoms with Crippen molar-refractivity contribution in [2.45, 2.75) is 6.42 Å². The van der Waals surface area contributed by atoms with Gasteiger partial charge in [-0.2, -0.15) is 6.08 Å². The van der Waals surface area contributed by atoms with Gasteiger partial charge in [0.25, 0.3) is 0 Å². The Morgan fingerprint density at radius 1 is 1.17 bits per heavy atom. The second-order valence-corrected chi connectivity index (χ2v) is 1.25. The first-order valence-corrected chi connectivity index (χ1v) is 2.94. The van der Waals surface area contributed by atoms with Gasteiger partial charge in [-0.05, 0) is 0 Å². The number of hydrogen-bond donors (Lipinski definition) is 0. The van der Waals surface area contributed by atoms with Gasteiger partial charge in [0, 0.05) is 0 Å². The van der Waals surface area contributed by atoms with Crippen LogP contribution in [0.2, 0.25) is 0 Å². The molecule has 0 aromatic rings. The predicted octanol–water partition coefficient (Wildman–Crippen LogP) is -7.33. The zero-order valence-electron chi connectivity index (χ0n) is 5.89. The first-order chi connectivity index (χ1) is 3.91. The largest absolute Gasteiger partial charge is 4.00 e. The maximum absolute atomic E-state index is 8.40. The fourth-order valence-corrected chi connectivity index (χ4v) is 0.340. The standard InChI is InChI=1S/C5H5.3ClH.HO2P.Ti/c1-2-4-5-3-1;;;;1-3-2;/h1-3H,4H2;3*1H;3H;/q-1;;;;;+4/p-3. The minimum atomic E-state index is -1.42. The van der Waals surface area contributed by atoms with E-state index in [0.29, 0.717) is 0 Å². The average molecular weight is 283 g/mol. The van der Waals surface area contributed by atoms with E-state index >= 15 is 0 Å². The van der Waals surface area contributed by atoms with E-state index < -0.39 is 8.34 Å². The van der Waals surface area contributed by atoms with E-state index in [1.165, 1.54) is 0 Å². The summed E-state index contributed by atoms with van der Waals surface area (Å²) in [7, 11) is -1.42. The molecule has 0 aliphatic heterocycles. The smallest absolute Gasteiger partial charge is 1.00 e. The van der Waals surface area contributed by atoms with Gasteiger partial charge in [-0.1, -0.05) is 0 Å². The summed E-state index contributed by atoms with van der Waals surface area (Å²) in [6.07, 6.45) is 10.0. The molecular weight excluding hydrogens is 277 g/mol. The minimum absolute atomic E-state index is 0. The van der Waals surface area contributed by atoms with E-state index in [0.717, 1.165) is 6.42 Å². The van der Waals surface area contributed by atoms with E-state index in [-0.39, 0.29) is 58.9 Å². The number of halogens is 3. The maximum Gasteiger partial charge on any atom is 4.00 e. The van der Waals surface area contributed by atoms with Gasteiger partial charge in [-0.3, -0.25) is 6.08 Å². The molecule has 0 spiro atoms. The summed E-state index contributed by atoms with van der Waals surface area (Å²) in [4.78, 5) is 0. The third-order valence-corrected chi connectivity index (χ3v) is 0.586. The fraction of sp³-hybridized carbons (Fsp3) is 0.200. The van der Waals surface area contributed by atoms with Crippen LogP contribution in [-0.2, 0) is 30.8 Å². The van der Waals surface area contributed by atoms with Gasteiger partial charge in [-0.25, -0.2) is 21.3 Å². The molecule has 1 rings (SSSR count). The molecule has 0 aromatic carbocycles. The molecule has 0 saturated heterocycles. The molecule has 0 N–H and O–H groups in total. The Morgan fingerprint density at radius 2 is 1.58 bits per heavy atom. The van der Waals surface area contributed by atoms with Crippen molar-refractivity contribution in [1.29, 1.82) is 0 Å². The molecule has 0 heterocycles. The van der Waals surface area contributed by atoms with Crippen molar-refractivity contribution in [2.24, 2.45) is 0 Å². The van der Waals surface area contributed by atoms with E-state index in [1.54, 1.807) is 0 Å². The van der Waals surface area contributed by atoms with Gasteiger partial charge in [-0.15, -0.1) is 6.42 Å². The van der Waals surface area contributed by atoms with Crippen LogP contribution >= 0.6 is 8.34 Å². The third kappa shape index (κ3) is 30.6. The summed E-state index contributed by atoms with van der Waals surface area (Å²) in [6, 6.07) is 0. The average Bonchev–Trinajstić information content (AvgIpc) is 2.17. The summed E-state index contributed by atoms with van der Waals surface area (Å²) in [6.45, 7) is 0. The van der Waals surface area contributed by atoms with Crippen molar-refractivity contribution in [2.75, 3.05) is 0 Å². The van der Waals surface area contributed by atoms with Crippen LogP contribution in [0.5, 0.6) is 0 Å². The van der Waals surface area contributed by atoms with Crippen LogP contribution < -0.4 is 37.2 Å². The molecular formula is C5H6Cl3O2PTi. The van der Waals surface area contributed by atoms with Gasteiger partial charge in [0.15, 0.2) is 0 Å². The van der Waals surface area contributed by atoms with Crippen molar-refractivity contribution in [3.8, 4) is 0 Å². The molecule has 0 amide bonds. The SMILES string of the molecule is O=[PH]=O.[C-]1=CC=CC1.[Cl-].[Cl-].[Cl-].[Ti+4]. The Balaban J connectivity index is -0.0000000219. The monoisotopic (exact) mass is 282 g/mol. The van der Waals surface area contributed by atoms with Crippen LogP contribution in [-0.4, -0.2) is 0 Å². The van der Waals surface area contributed by atoms with Crippen LogP contribution in [0.4, 0.5) is 0 Å². The summed E-state index contributed by atoms with van der Waals surface area (Å²) < 4.78 is 16.8. The van der Waals surface area contributed by atoms with E-state index in [1.807, 2.05) is 12.2 Å². The van der Waals surface area contributed by atoms with Gasteiger partial charge in [0.2, 0.25) is 0 Å². The molecule has 1 aliphatic carbocycles. The summed E-state index contributed by atoms with van der Waals surface area (Å²) in [5.74, 6) is 0. The van der Waals surface area contributed by atoms with Gasteiger partial charge in [0.05, 0.1) is 0 Å². The fourth-order valence-electron chi connectivity index (χ4n) is 0.340. The topological polar surface area (TPSA) is 34.1 Å². The number of allylic oxidation sites excluding steroid dienone is 4. The first kappa shape index (κ1) is 29.3. The molecule has 12 heavy (non-hydrogen) atoms. The third-order valence-electron chi connectivity index (χ3n) is 0.586. The number of rotatable bonds is 0. The summed E-state index contributed by atoms with van der Waals surface area (Å²) >= 11 is 0. The minimum Gasteiger partial charge on any atom is -1.00 e. The van der Waals surface area contributed by atoms with Crippen molar-refractivity contribution in [3.63, 3.8) is 0 Å². The van der Waals surface area contributed by atoms with Gasteiger partial charge < -0.3 is 37.2 Å². The molecule has 0 bridgehead atoms. The molecule has 0 radical (unpaired) electrons. The van der Waals surface area contributed by atoms with Crippen molar-refractivity contribution >= 4 is 8.34 Å². The Bertz CT molecular complexity index is 136. The molecule has 2 nitrogen and oxygen atoms in total. The molecule has 1 aliphatic rings. The van der Waals surface area contributed by atoms with E-state index in [9.17, 15) is 0 Å². The molecule has 0 fully saturated rings. The Hall–Kier alpha value is 0.964. The Kier molecular flexibility index (Phi) is 72.3. The van der Waals surface area contributed by atoms with Crippen LogP contribution in [0.15, 0.2) is 18.2 Å². The predicted molar refractivity (Wildman–Crippen MR) is 31.3 cm³/mol. The summed E-state index contributed by atoms with van der Waals surface area (Å²) in [5.41, 5.74) is 0. The van der Waals surface area contributed by atoms with Crippen LogP contribution in [0.3, 0.4) is 0 Å². The van der Waals surface area contributed by atoms with Gasteiger partial charge >= 0.3 is 30.1 Å². The molecule has 0 saturated carbocycles. The second kappa shape index (κ2) is 29.7. The zero-order valence-corrected chi connectivity index (χ0v) is 10.7. The molecule has 0 unspecified atom stereocenters. The second-order valence-electron chi connectivity index (χ2n) is 1.09. The molecule has 68 valence electrons. The van der Waals surface area contributed by atoms with E-state index in [2.05, 4.69) is 12.2 Å². The van der Waals surface area contributed by atoms with Crippen molar-refractivity contribution in [3.05, 3.63) is 24.3 Å².